The van der Waals surface area contributed by atoms with Crippen molar-refractivity contribution in [3.8, 4) is 28.5 Å². The van der Waals surface area contributed by atoms with Crippen LogP contribution in [0.1, 0.15) is 30.4 Å². The molecule has 35 heavy (non-hydrogen) atoms. The zero-order valence-corrected chi connectivity index (χ0v) is 19.0. The highest BCUT2D eigenvalue weighted by Gasteiger charge is 2.35. The fraction of sp³-hybridized carbons (Fsp3) is 0.214. The predicted octanol–water partition coefficient (Wildman–Crippen LogP) is 6.68. The van der Waals surface area contributed by atoms with Gasteiger partial charge in [0.2, 0.25) is 11.8 Å². The summed E-state index contributed by atoms with van der Waals surface area (Å²) in [5.41, 5.74) is 2.04. The molecular weight excluding hydrogens is 450 g/mol. The van der Waals surface area contributed by atoms with Crippen LogP contribution < -0.4 is 4.74 Å². The van der Waals surface area contributed by atoms with E-state index < -0.39 is 11.6 Å². The Labute approximate surface area is 200 Å². The molecule has 7 heteroatoms. The van der Waals surface area contributed by atoms with Gasteiger partial charge in [-0.25, -0.2) is 18.8 Å². The maximum Gasteiger partial charge on any atom is 0.219 e. The van der Waals surface area contributed by atoms with E-state index in [0.29, 0.717) is 28.3 Å². The molecule has 5 nitrogen and oxygen atoms in total. The van der Waals surface area contributed by atoms with Crippen LogP contribution in [0.5, 0.6) is 17.4 Å². The van der Waals surface area contributed by atoms with Crippen molar-refractivity contribution in [1.82, 2.24) is 4.98 Å². The number of nitrogens with zero attached hydrogens (tertiary/aromatic N) is 2. The SMILES string of the molecule is Cc1cc(O)c2nc(Oc3cc(C4=N[C@H]5CCC[C@H]5O4)cc(-c4c(F)cccc4F)c3)ccc2c1. The number of halogens is 2. The Morgan fingerprint density at radius 1 is 0.971 bits per heavy atom. The number of hydrogen-bond acceptors (Lipinski definition) is 5. The molecule has 0 unspecified atom stereocenters. The van der Waals surface area contributed by atoms with E-state index in [9.17, 15) is 13.9 Å². The Hall–Kier alpha value is -4.00. The van der Waals surface area contributed by atoms with Crippen LogP contribution in [0.4, 0.5) is 8.78 Å². The van der Waals surface area contributed by atoms with Crippen molar-refractivity contribution in [2.45, 2.75) is 38.3 Å². The first-order valence-corrected chi connectivity index (χ1v) is 11.6. The number of aryl methyl sites for hydroxylation is 1. The normalized spacial score (nSPS) is 18.9. The van der Waals surface area contributed by atoms with Gasteiger partial charge >= 0.3 is 0 Å². The molecule has 0 spiro atoms. The number of pyridine rings is 1. The Bertz CT molecular complexity index is 1480. The molecule has 6 rings (SSSR count). The summed E-state index contributed by atoms with van der Waals surface area (Å²) in [7, 11) is 0. The average molecular weight is 472 g/mol. The molecule has 176 valence electrons. The third-order valence-electron chi connectivity index (χ3n) is 6.48. The van der Waals surface area contributed by atoms with Crippen molar-refractivity contribution >= 4 is 16.8 Å². The lowest BCUT2D eigenvalue weighted by Gasteiger charge is -2.14. The molecule has 2 heterocycles. The van der Waals surface area contributed by atoms with Crippen LogP contribution in [0.3, 0.4) is 0 Å². The third kappa shape index (κ3) is 3.97. The molecule has 1 aliphatic heterocycles. The van der Waals surface area contributed by atoms with Crippen molar-refractivity contribution < 1.29 is 23.4 Å². The van der Waals surface area contributed by atoms with E-state index in [1.54, 1.807) is 36.4 Å². The number of aromatic hydroxyl groups is 1. The predicted molar refractivity (Wildman–Crippen MR) is 129 cm³/mol. The molecule has 0 amide bonds. The van der Waals surface area contributed by atoms with Crippen LogP contribution in [0.2, 0.25) is 0 Å². The van der Waals surface area contributed by atoms with Crippen molar-refractivity contribution in [3.63, 3.8) is 0 Å². The lowest BCUT2D eigenvalue weighted by atomic mass is 10.0. The quantitative estimate of drug-likeness (QED) is 0.360. The summed E-state index contributed by atoms with van der Waals surface area (Å²) in [5, 5.41) is 11.1. The molecular formula is C28H22F2N2O3. The lowest BCUT2D eigenvalue weighted by Crippen LogP contribution is -2.15. The monoisotopic (exact) mass is 472 g/mol. The number of benzene rings is 3. The first-order chi connectivity index (χ1) is 16.9. The molecule has 1 aliphatic carbocycles. The molecule has 3 aromatic carbocycles. The third-order valence-corrected chi connectivity index (χ3v) is 6.48. The van der Waals surface area contributed by atoms with Crippen LogP contribution >= 0.6 is 0 Å². The standard InChI is InChI=1S/C28H22F2N2O3/c1-15-10-16-8-9-25(32-27(16)23(33)11-15)34-19-13-17(26-20(29)4-2-5-21(26)30)12-18(14-19)28-31-22-6-3-7-24(22)35-28/h2,4-5,8-14,22,24,33H,3,6-7H2,1H3/t22-,24+/m0/s1. The topological polar surface area (TPSA) is 63.9 Å². The van der Waals surface area contributed by atoms with Gasteiger partial charge < -0.3 is 14.6 Å². The number of rotatable bonds is 4. The smallest absolute Gasteiger partial charge is 0.219 e. The first-order valence-electron chi connectivity index (χ1n) is 11.6. The molecule has 0 radical (unpaired) electrons. The number of phenols is 1. The summed E-state index contributed by atoms with van der Waals surface area (Å²) >= 11 is 0. The summed E-state index contributed by atoms with van der Waals surface area (Å²) < 4.78 is 41.4. The highest BCUT2D eigenvalue weighted by Crippen LogP contribution is 2.36. The zero-order valence-electron chi connectivity index (χ0n) is 19.0. The molecule has 2 aliphatic rings. The van der Waals surface area contributed by atoms with Gasteiger partial charge in [0.1, 0.15) is 34.8 Å². The van der Waals surface area contributed by atoms with E-state index in [1.165, 1.54) is 18.2 Å². The number of aliphatic imine (C=N–C) groups is 1. The fourth-order valence-electron chi connectivity index (χ4n) is 4.88. The van der Waals surface area contributed by atoms with E-state index in [1.807, 2.05) is 13.0 Å². The highest BCUT2D eigenvalue weighted by atomic mass is 19.1. The molecule has 4 aromatic rings. The van der Waals surface area contributed by atoms with E-state index in [0.717, 1.165) is 30.2 Å². The molecule has 1 fully saturated rings. The van der Waals surface area contributed by atoms with Crippen molar-refractivity contribution in [3.05, 3.63) is 83.4 Å². The van der Waals surface area contributed by atoms with E-state index >= 15 is 0 Å². The van der Waals surface area contributed by atoms with Crippen LogP contribution in [-0.4, -0.2) is 28.1 Å². The minimum Gasteiger partial charge on any atom is -0.506 e. The van der Waals surface area contributed by atoms with Crippen LogP contribution in [-0.2, 0) is 4.74 Å². The van der Waals surface area contributed by atoms with Gasteiger partial charge in [-0.3, -0.25) is 0 Å². The zero-order chi connectivity index (χ0) is 24.1. The fourth-order valence-corrected chi connectivity index (χ4v) is 4.88. The largest absolute Gasteiger partial charge is 0.506 e. The Kier molecular flexibility index (Phi) is 5.13. The summed E-state index contributed by atoms with van der Waals surface area (Å²) in [6.07, 6.45) is 3.01. The second-order valence-corrected chi connectivity index (χ2v) is 9.04. The molecule has 1 aromatic heterocycles. The van der Waals surface area contributed by atoms with Crippen molar-refractivity contribution in [2.75, 3.05) is 0 Å². The van der Waals surface area contributed by atoms with Crippen LogP contribution in [0.25, 0.3) is 22.0 Å². The van der Waals surface area contributed by atoms with Crippen LogP contribution in [0, 0.1) is 18.6 Å². The number of ether oxygens (including phenoxy) is 2. The van der Waals surface area contributed by atoms with Gasteiger partial charge in [-0.15, -0.1) is 0 Å². The van der Waals surface area contributed by atoms with Gasteiger partial charge in [0, 0.05) is 17.0 Å². The number of aromatic nitrogens is 1. The van der Waals surface area contributed by atoms with Gasteiger partial charge in [0.05, 0.1) is 11.6 Å². The summed E-state index contributed by atoms with van der Waals surface area (Å²) in [5.74, 6) is -0.301. The maximum atomic E-state index is 14.7. The molecule has 2 atom stereocenters. The van der Waals surface area contributed by atoms with Crippen LogP contribution in [0.15, 0.2) is 65.7 Å². The van der Waals surface area contributed by atoms with Gasteiger partial charge in [-0.05, 0) is 85.8 Å². The second-order valence-electron chi connectivity index (χ2n) is 9.04. The van der Waals surface area contributed by atoms with Gasteiger partial charge in [-0.2, -0.15) is 0 Å². The van der Waals surface area contributed by atoms with Gasteiger partial charge in [-0.1, -0.05) is 6.07 Å². The first kappa shape index (κ1) is 21.5. The molecule has 0 saturated heterocycles. The lowest BCUT2D eigenvalue weighted by molar-refractivity contribution is 0.211. The number of hydrogen-bond donors (Lipinski definition) is 1. The van der Waals surface area contributed by atoms with Crippen molar-refractivity contribution in [1.29, 1.82) is 0 Å². The highest BCUT2D eigenvalue weighted by molar-refractivity contribution is 5.97. The summed E-state index contributed by atoms with van der Waals surface area (Å²) in [6.45, 7) is 1.89. The second kappa shape index (κ2) is 8.34. The average Bonchev–Trinajstić information content (AvgIpc) is 3.42. The molecule has 1 saturated carbocycles. The Balaban J connectivity index is 1.44. The summed E-state index contributed by atoms with van der Waals surface area (Å²) in [4.78, 5) is 9.15. The minimum absolute atomic E-state index is 0.0387. The Morgan fingerprint density at radius 3 is 2.57 bits per heavy atom. The molecule has 0 bridgehead atoms. The van der Waals surface area contributed by atoms with Crippen molar-refractivity contribution in [2.24, 2.45) is 4.99 Å². The minimum atomic E-state index is -0.677. The maximum absolute atomic E-state index is 14.7. The Morgan fingerprint density at radius 2 is 1.77 bits per heavy atom. The number of phenolic OH excluding ortho intramolecular Hbond substituents is 1. The van der Waals surface area contributed by atoms with E-state index in [4.69, 9.17) is 14.5 Å². The molecule has 1 N–H and O–H groups in total. The van der Waals surface area contributed by atoms with E-state index in [-0.39, 0.29) is 29.3 Å². The summed E-state index contributed by atoms with van der Waals surface area (Å²) in [6, 6.07) is 15.9. The van der Waals surface area contributed by atoms with Gasteiger partial charge in [0.25, 0.3) is 0 Å². The number of fused-ring (bicyclic) bond motifs is 2. The van der Waals surface area contributed by atoms with E-state index in [2.05, 4.69) is 4.98 Å². The van der Waals surface area contributed by atoms with Gasteiger partial charge in [0.15, 0.2) is 0 Å².